The van der Waals surface area contributed by atoms with Crippen molar-refractivity contribution >= 4 is 0 Å². The highest BCUT2D eigenvalue weighted by Gasteiger charge is 2.20. The zero-order valence-corrected chi connectivity index (χ0v) is 12.7. The first kappa shape index (κ1) is 15.1. The van der Waals surface area contributed by atoms with Gasteiger partial charge in [-0.2, -0.15) is 0 Å². The summed E-state index contributed by atoms with van der Waals surface area (Å²) in [5, 5.41) is 3.57. The van der Waals surface area contributed by atoms with Crippen molar-refractivity contribution in [1.29, 1.82) is 0 Å². The van der Waals surface area contributed by atoms with Gasteiger partial charge in [-0.25, -0.2) is 4.39 Å². The molecule has 1 atom stereocenters. The van der Waals surface area contributed by atoms with Crippen LogP contribution in [0.1, 0.15) is 24.1 Å². The van der Waals surface area contributed by atoms with Crippen LogP contribution in [0.15, 0.2) is 48.7 Å². The summed E-state index contributed by atoms with van der Waals surface area (Å²) in [5.41, 5.74) is 1.85. The van der Waals surface area contributed by atoms with Crippen LogP contribution in [0.25, 0.3) is 0 Å². The normalized spacial score (nSPS) is 19.2. The highest BCUT2D eigenvalue weighted by Crippen LogP contribution is 2.16. The quantitative estimate of drug-likeness (QED) is 0.920. The van der Waals surface area contributed by atoms with Crippen molar-refractivity contribution in [1.82, 2.24) is 15.2 Å². The zero-order valence-electron chi connectivity index (χ0n) is 12.7. The van der Waals surface area contributed by atoms with Crippen LogP contribution in [0.4, 0.5) is 4.39 Å². The molecule has 1 aromatic carbocycles. The minimum absolute atomic E-state index is 0.105. The van der Waals surface area contributed by atoms with Crippen LogP contribution in [0.2, 0.25) is 0 Å². The van der Waals surface area contributed by atoms with E-state index in [1.54, 1.807) is 6.07 Å². The molecule has 1 aliphatic rings. The molecule has 1 N–H and O–H groups in total. The van der Waals surface area contributed by atoms with Crippen molar-refractivity contribution in [2.45, 2.75) is 32.0 Å². The van der Waals surface area contributed by atoms with Gasteiger partial charge in [0.15, 0.2) is 0 Å². The molecule has 3 rings (SSSR count). The third-order valence-corrected chi connectivity index (χ3v) is 4.16. The molecule has 0 aliphatic carbocycles. The van der Waals surface area contributed by atoms with E-state index in [1.165, 1.54) is 12.5 Å². The van der Waals surface area contributed by atoms with Gasteiger partial charge in [0.1, 0.15) is 5.82 Å². The van der Waals surface area contributed by atoms with Crippen LogP contribution in [0.3, 0.4) is 0 Å². The van der Waals surface area contributed by atoms with Crippen LogP contribution >= 0.6 is 0 Å². The van der Waals surface area contributed by atoms with Crippen molar-refractivity contribution in [3.63, 3.8) is 0 Å². The maximum absolute atomic E-state index is 13.8. The second kappa shape index (κ2) is 7.47. The maximum atomic E-state index is 13.8. The highest BCUT2D eigenvalue weighted by atomic mass is 19.1. The van der Waals surface area contributed by atoms with Crippen LogP contribution < -0.4 is 5.32 Å². The van der Waals surface area contributed by atoms with Gasteiger partial charge in [-0.15, -0.1) is 0 Å². The molecule has 1 fully saturated rings. The SMILES string of the molecule is Fc1ccccc1CN1CCCC(NCc2ccccn2)C1. The minimum Gasteiger partial charge on any atom is -0.307 e. The predicted molar refractivity (Wildman–Crippen MR) is 85.8 cm³/mol. The van der Waals surface area contributed by atoms with E-state index in [4.69, 9.17) is 0 Å². The number of pyridine rings is 1. The summed E-state index contributed by atoms with van der Waals surface area (Å²) in [4.78, 5) is 6.67. The van der Waals surface area contributed by atoms with Gasteiger partial charge in [-0.3, -0.25) is 9.88 Å². The standard InChI is InChI=1S/C18H22FN3/c19-18-9-2-1-6-15(18)13-22-11-5-8-17(14-22)21-12-16-7-3-4-10-20-16/h1-4,6-7,9-10,17,21H,5,8,11-14H2. The van der Waals surface area contributed by atoms with Crippen molar-refractivity contribution in [3.05, 3.63) is 65.7 Å². The topological polar surface area (TPSA) is 28.2 Å². The van der Waals surface area contributed by atoms with E-state index in [1.807, 2.05) is 36.5 Å². The average Bonchev–Trinajstić information content (AvgIpc) is 2.57. The molecule has 0 saturated carbocycles. The van der Waals surface area contributed by atoms with Crippen molar-refractivity contribution in [2.24, 2.45) is 0 Å². The summed E-state index contributed by atoms with van der Waals surface area (Å²) in [7, 11) is 0. The number of likely N-dealkylation sites (tertiary alicyclic amines) is 1. The number of hydrogen-bond acceptors (Lipinski definition) is 3. The lowest BCUT2D eigenvalue weighted by atomic mass is 10.0. The molecular formula is C18H22FN3. The van der Waals surface area contributed by atoms with E-state index in [2.05, 4.69) is 15.2 Å². The number of nitrogens with one attached hydrogen (secondary N) is 1. The molecule has 1 unspecified atom stereocenters. The molecule has 2 aromatic rings. The van der Waals surface area contributed by atoms with E-state index in [0.717, 1.165) is 37.3 Å². The van der Waals surface area contributed by atoms with Gasteiger partial charge in [0.05, 0.1) is 5.69 Å². The van der Waals surface area contributed by atoms with Gasteiger partial charge < -0.3 is 5.32 Å². The Morgan fingerprint density at radius 1 is 1.18 bits per heavy atom. The fourth-order valence-electron chi connectivity index (χ4n) is 2.98. The van der Waals surface area contributed by atoms with E-state index in [9.17, 15) is 4.39 Å². The monoisotopic (exact) mass is 299 g/mol. The number of piperidine rings is 1. The van der Waals surface area contributed by atoms with E-state index in [-0.39, 0.29) is 5.82 Å². The molecular weight excluding hydrogens is 277 g/mol. The molecule has 2 heterocycles. The number of benzene rings is 1. The van der Waals surface area contributed by atoms with E-state index < -0.39 is 0 Å². The first-order chi connectivity index (χ1) is 10.8. The molecule has 3 nitrogen and oxygen atoms in total. The third-order valence-electron chi connectivity index (χ3n) is 4.16. The Hall–Kier alpha value is -1.78. The number of hydrogen-bond donors (Lipinski definition) is 1. The summed E-state index contributed by atoms with van der Waals surface area (Å²) in [6.45, 7) is 3.48. The molecule has 22 heavy (non-hydrogen) atoms. The number of halogens is 1. The van der Waals surface area contributed by atoms with Gasteiger partial charge in [0.2, 0.25) is 0 Å². The molecule has 0 radical (unpaired) electrons. The van der Waals surface area contributed by atoms with Crippen LogP contribution in [-0.4, -0.2) is 29.0 Å². The van der Waals surface area contributed by atoms with Gasteiger partial charge in [0.25, 0.3) is 0 Å². The summed E-state index contributed by atoms with van der Waals surface area (Å²) in [6, 6.07) is 13.5. The number of nitrogens with zero attached hydrogens (tertiary/aromatic N) is 2. The van der Waals surface area contributed by atoms with Gasteiger partial charge in [0, 0.05) is 37.4 Å². The van der Waals surface area contributed by atoms with Crippen molar-refractivity contribution < 1.29 is 4.39 Å². The first-order valence-corrected chi connectivity index (χ1v) is 7.90. The Balaban J connectivity index is 1.52. The first-order valence-electron chi connectivity index (χ1n) is 7.90. The molecule has 1 aromatic heterocycles. The molecule has 4 heteroatoms. The third kappa shape index (κ3) is 4.12. The minimum atomic E-state index is -0.105. The second-order valence-corrected chi connectivity index (χ2v) is 5.87. The lowest BCUT2D eigenvalue weighted by Gasteiger charge is -2.33. The Morgan fingerprint density at radius 2 is 2.05 bits per heavy atom. The van der Waals surface area contributed by atoms with Crippen molar-refractivity contribution in [2.75, 3.05) is 13.1 Å². The molecule has 116 valence electrons. The van der Waals surface area contributed by atoms with E-state index in [0.29, 0.717) is 12.6 Å². The highest BCUT2D eigenvalue weighted by molar-refractivity contribution is 5.17. The van der Waals surface area contributed by atoms with Crippen molar-refractivity contribution in [3.8, 4) is 0 Å². The fourth-order valence-corrected chi connectivity index (χ4v) is 2.98. The largest absolute Gasteiger partial charge is 0.307 e. The summed E-state index contributed by atoms with van der Waals surface area (Å²) < 4.78 is 13.8. The molecule has 1 aliphatic heterocycles. The Morgan fingerprint density at radius 3 is 2.86 bits per heavy atom. The van der Waals surface area contributed by atoms with E-state index >= 15 is 0 Å². The van der Waals surface area contributed by atoms with Crippen LogP contribution in [0.5, 0.6) is 0 Å². The molecule has 0 bridgehead atoms. The lowest BCUT2D eigenvalue weighted by Crippen LogP contribution is -2.45. The fraction of sp³-hybridized carbons (Fsp3) is 0.389. The predicted octanol–water partition coefficient (Wildman–Crippen LogP) is 2.97. The van der Waals surface area contributed by atoms with Crippen LogP contribution in [0, 0.1) is 5.82 Å². The lowest BCUT2D eigenvalue weighted by molar-refractivity contribution is 0.180. The van der Waals surface area contributed by atoms with Gasteiger partial charge >= 0.3 is 0 Å². The Bertz CT molecular complexity index is 588. The number of rotatable bonds is 5. The smallest absolute Gasteiger partial charge is 0.127 e. The Labute approximate surface area is 131 Å². The van der Waals surface area contributed by atoms with Gasteiger partial charge in [-0.05, 0) is 37.6 Å². The average molecular weight is 299 g/mol. The molecule has 1 saturated heterocycles. The zero-order chi connectivity index (χ0) is 15.2. The Kier molecular flexibility index (Phi) is 5.14. The van der Waals surface area contributed by atoms with Crippen LogP contribution in [-0.2, 0) is 13.1 Å². The summed E-state index contributed by atoms with van der Waals surface area (Å²) >= 11 is 0. The summed E-state index contributed by atoms with van der Waals surface area (Å²) in [5.74, 6) is -0.105. The second-order valence-electron chi connectivity index (χ2n) is 5.87. The molecule has 0 amide bonds. The maximum Gasteiger partial charge on any atom is 0.127 e. The molecule has 0 spiro atoms. The van der Waals surface area contributed by atoms with Gasteiger partial charge in [-0.1, -0.05) is 24.3 Å². The summed E-state index contributed by atoms with van der Waals surface area (Å²) in [6.07, 6.45) is 4.14. The number of aromatic nitrogens is 1.